The molecule has 2 rings (SSSR count). The van der Waals surface area contributed by atoms with Crippen molar-refractivity contribution in [2.45, 2.75) is 0 Å². The molecule has 1 aromatic heterocycles. The van der Waals surface area contributed by atoms with Gasteiger partial charge >= 0.3 is 0 Å². The molecule has 0 atom stereocenters. The van der Waals surface area contributed by atoms with Crippen molar-refractivity contribution in [3.8, 4) is 11.6 Å². The molecule has 4 heteroatoms. The van der Waals surface area contributed by atoms with Gasteiger partial charge in [-0.1, -0.05) is 24.3 Å². The Labute approximate surface area is 85.9 Å². The van der Waals surface area contributed by atoms with Crippen LogP contribution in [-0.2, 0) is 0 Å². The quantitative estimate of drug-likeness (QED) is 0.758. The van der Waals surface area contributed by atoms with Crippen LogP contribution in [0.1, 0.15) is 0 Å². The Morgan fingerprint density at radius 1 is 1.00 bits per heavy atom. The van der Waals surface area contributed by atoms with Gasteiger partial charge in [0.25, 0.3) is 5.56 Å². The van der Waals surface area contributed by atoms with Gasteiger partial charge in [0.05, 0.1) is 0 Å². The largest absolute Gasteiger partial charge is 0.438 e. The van der Waals surface area contributed by atoms with Crippen LogP contribution in [0.15, 0.2) is 53.3 Å². The van der Waals surface area contributed by atoms with E-state index in [0.717, 1.165) is 0 Å². The normalized spacial score (nSPS) is 9.87. The SMILES string of the molecule is O=c1cccc(Oc2ccccc2)n1O. The predicted octanol–water partition coefficient (Wildman–Crippen LogP) is 1.88. The first kappa shape index (κ1) is 9.33. The second kappa shape index (κ2) is 3.88. The summed E-state index contributed by atoms with van der Waals surface area (Å²) in [5.41, 5.74) is -0.525. The average molecular weight is 203 g/mol. The van der Waals surface area contributed by atoms with Gasteiger partial charge < -0.3 is 9.94 Å². The highest BCUT2D eigenvalue weighted by Crippen LogP contribution is 2.17. The van der Waals surface area contributed by atoms with Crippen molar-refractivity contribution in [3.05, 3.63) is 58.9 Å². The molecule has 1 heterocycles. The molecule has 76 valence electrons. The molecule has 2 aromatic rings. The fourth-order valence-corrected chi connectivity index (χ4v) is 1.15. The number of pyridine rings is 1. The number of nitrogens with zero attached hydrogens (tertiary/aromatic N) is 1. The molecule has 0 aliphatic heterocycles. The maximum Gasteiger partial charge on any atom is 0.286 e. The smallest absolute Gasteiger partial charge is 0.286 e. The number of rotatable bonds is 2. The average Bonchev–Trinajstić information content (AvgIpc) is 2.26. The maximum atomic E-state index is 11.1. The summed E-state index contributed by atoms with van der Waals surface area (Å²) in [5, 5.41) is 9.34. The van der Waals surface area contributed by atoms with Crippen molar-refractivity contribution in [3.63, 3.8) is 0 Å². The first-order valence-electron chi connectivity index (χ1n) is 4.41. The number of para-hydroxylation sites is 1. The van der Waals surface area contributed by atoms with Gasteiger partial charge in [-0.2, -0.15) is 0 Å². The van der Waals surface area contributed by atoms with E-state index in [1.165, 1.54) is 18.2 Å². The van der Waals surface area contributed by atoms with E-state index in [-0.39, 0.29) is 5.88 Å². The fraction of sp³-hybridized carbons (Fsp3) is 0. The molecule has 15 heavy (non-hydrogen) atoms. The van der Waals surface area contributed by atoms with Crippen molar-refractivity contribution in [2.75, 3.05) is 0 Å². The van der Waals surface area contributed by atoms with Crippen molar-refractivity contribution < 1.29 is 9.94 Å². The van der Waals surface area contributed by atoms with Crippen LogP contribution in [0.2, 0.25) is 0 Å². The Morgan fingerprint density at radius 2 is 1.73 bits per heavy atom. The van der Waals surface area contributed by atoms with E-state index in [0.29, 0.717) is 10.5 Å². The minimum atomic E-state index is -0.525. The lowest BCUT2D eigenvalue weighted by atomic mass is 10.3. The van der Waals surface area contributed by atoms with Gasteiger partial charge in [0.15, 0.2) is 0 Å². The molecule has 0 amide bonds. The predicted molar refractivity (Wildman–Crippen MR) is 54.4 cm³/mol. The van der Waals surface area contributed by atoms with E-state index in [2.05, 4.69) is 0 Å². The molecule has 1 aromatic carbocycles. The standard InChI is InChI=1S/C11H9NO3/c13-10-7-4-8-11(12(10)14)15-9-5-2-1-3-6-9/h1-8,14H. The van der Waals surface area contributed by atoms with Crippen LogP contribution in [0.4, 0.5) is 0 Å². The molecule has 0 spiro atoms. The summed E-state index contributed by atoms with van der Waals surface area (Å²) in [6.45, 7) is 0. The number of hydrogen-bond donors (Lipinski definition) is 1. The monoisotopic (exact) mass is 203 g/mol. The van der Waals surface area contributed by atoms with Gasteiger partial charge in [-0.3, -0.25) is 4.79 Å². The molecule has 0 aliphatic rings. The number of benzene rings is 1. The summed E-state index contributed by atoms with van der Waals surface area (Å²) in [5.74, 6) is 0.652. The van der Waals surface area contributed by atoms with Crippen molar-refractivity contribution >= 4 is 0 Å². The van der Waals surface area contributed by atoms with E-state index in [1.54, 1.807) is 24.3 Å². The molecule has 4 nitrogen and oxygen atoms in total. The molecule has 0 saturated carbocycles. The third-order valence-electron chi connectivity index (χ3n) is 1.86. The highest BCUT2D eigenvalue weighted by molar-refractivity contribution is 5.26. The Bertz CT molecular complexity index is 505. The Kier molecular flexibility index (Phi) is 2.41. The Morgan fingerprint density at radius 3 is 2.47 bits per heavy atom. The minimum Gasteiger partial charge on any atom is -0.438 e. The Hall–Kier alpha value is -2.23. The Balaban J connectivity index is 2.33. The van der Waals surface area contributed by atoms with Crippen LogP contribution in [0, 0.1) is 0 Å². The van der Waals surface area contributed by atoms with Crippen LogP contribution in [0.5, 0.6) is 11.6 Å². The number of ether oxygens (including phenoxy) is 1. The van der Waals surface area contributed by atoms with E-state index in [9.17, 15) is 10.0 Å². The first-order valence-corrected chi connectivity index (χ1v) is 4.41. The lowest BCUT2D eigenvalue weighted by molar-refractivity contribution is 0.148. The second-order valence-corrected chi connectivity index (χ2v) is 2.93. The van der Waals surface area contributed by atoms with Gasteiger partial charge in [0, 0.05) is 12.1 Å². The van der Waals surface area contributed by atoms with Crippen LogP contribution < -0.4 is 10.3 Å². The third-order valence-corrected chi connectivity index (χ3v) is 1.86. The van der Waals surface area contributed by atoms with Crippen molar-refractivity contribution in [2.24, 2.45) is 0 Å². The molecular formula is C11H9NO3. The molecular weight excluding hydrogens is 194 g/mol. The zero-order chi connectivity index (χ0) is 10.7. The van der Waals surface area contributed by atoms with Gasteiger partial charge in [-0.25, -0.2) is 0 Å². The van der Waals surface area contributed by atoms with Gasteiger partial charge in [-0.15, -0.1) is 4.73 Å². The highest BCUT2D eigenvalue weighted by Gasteiger charge is 2.02. The van der Waals surface area contributed by atoms with Gasteiger partial charge in [-0.05, 0) is 12.1 Å². The molecule has 0 bridgehead atoms. The highest BCUT2D eigenvalue weighted by atomic mass is 16.6. The van der Waals surface area contributed by atoms with E-state index in [4.69, 9.17) is 4.74 Å². The van der Waals surface area contributed by atoms with E-state index >= 15 is 0 Å². The molecule has 0 saturated heterocycles. The number of hydrogen-bond acceptors (Lipinski definition) is 3. The first-order chi connectivity index (χ1) is 7.27. The number of aromatic nitrogens is 1. The molecule has 1 N–H and O–H groups in total. The summed E-state index contributed by atoms with van der Waals surface area (Å²) >= 11 is 0. The molecule has 0 aliphatic carbocycles. The van der Waals surface area contributed by atoms with Crippen LogP contribution in [0.25, 0.3) is 0 Å². The van der Waals surface area contributed by atoms with Gasteiger partial charge in [0.1, 0.15) is 5.75 Å². The van der Waals surface area contributed by atoms with Crippen molar-refractivity contribution in [1.29, 1.82) is 0 Å². The lowest BCUT2D eigenvalue weighted by Gasteiger charge is -2.07. The van der Waals surface area contributed by atoms with Crippen LogP contribution in [0.3, 0.4) is 0 Å². The van der Waals surface area contributed by atoms with Gasteiger partial charge in [0.2, 0.25) is 5.88 Å². The molecule has 0 fully saturated rings. The molecule has 0 radical (unpaired) electrons. The minimum absolute atomic E-state index is 0.0914. The summed E-state index contributed by atoms with van der Waals surface area (Å²) in [7, 11) is 0. The zero-order valence-electron chi connectivity index (χ0n) is 7.83. The summed E-state index contributed by atoms with van der Waals surface area (Å²) in [4.78, 5) is 11.1. The topological polar surface area (TPSA) is 51.5 Å². The van der Waals surface area contributed by atoms with Crippen molar-refractivity contribution in [1.82, 2.24) is 4.73 Å². The second-order valence-electron chi connectivity index (χ2n) is 2.93. The summed E-state index contributed by atoms with van der Waals surface area (Å²) in [6, 6.07) is 13.2. The van der Waals surface area contributed by atoms with E-state index in [1.807, 2.05) is 6.07 Å². The summed E-state index contributed by atoms with van der Waals surface area (Å²) < 4.78 is 5.77. The maximum absolute atomic E-state index is 11.1. The van der Waals surface area contributed by atoms with Crippen LogP contribution >= 0.6 is 0 Å². The lowest BCUT2D eigenvalue weighted by Crippen LogP contribution is -2.16. The zero-order valence-corrected chi connectivity index (χ0v) is 7.83. The van der Waals surface area contributed by atoms with E-state index < -0.39 is 5.56 Å². The fourth-order valence-electron chi connectivity index (χ4n) is 1.15. The van der Waals surface area contributed by atoms with Crippen LogP contribution in [-0.4, -0.2) is 9.94 Å². The molecule has 0 unspecified atom stereocenters. The summed E-state index contributed by atoms with van der Waals surface area (Å²) in [6.07, 6.45) is 0. The third kappa shape index (κ3) is 1.99.